The zero-order valence-corrected chi connectivity index (χ0v) is 13.8. The number of thioether (sulfide) groups is 1. The van der Waals surface area contributed by atoms with Gasteiger partial charge in [0.25, 0.3) is 11.8 Å². The smallest absolute Gasteiger partial charge is 0.353 e. The largest absolute Gasteiger partial charge is 0.477 e. The number of rotatable bonds is 4. The Morgan fingerprint density at radius 1 is 1.33 bits per heavy atom. The monoisotopic (exact) mass is 368 g/mol. The van der Waals surface area contributed by atoms with Gasteiger partial charge in [0.05, 0.1) is 5.03 Å². The van der Waals surface area contributed by atoms with E-state index in [-0.39, 0.29) is 16.5 Å². The van der Waals surface area contributed by atoms with Crippen molar-refractivity contribution in [3.8, 4) is 0 Å². The number of aliphatic hydroxyl groups is 1. The van der Waals surface area contributed by atoms with E-state index in [1.807, 2.05) is 0 Å². The second-order valence-corrected chi connectivity index (χ2v) is 6.83. The molecule has 7 nitrogen and oxygen atoms in total. The summed E-state index contributed by atoms with van der Waals surface area (Å²) in [6.45, 7) is 0. The first-order valence-electron chi connectivity index (χ1n) is 7.02. The molecule has 2 aliphatic rings. The summed E-state index contributed by atoms with van der Waals surface area (Å²) in [4.78, 5) is 36.7. The van der Waals surface area contributed by atoms with Gasteiger partial charge in [-0.25, -0.2) is 4.79 Å². The molecule has 0 bridgehead atoms. The topological polar surface area (TPSA) is 107 Å². The number of nitrogens with one attached hydrogen (secondary N) is 1. The number of nitrogens with zero attached hydrogens (tertiary/aromatic N) is 1. The van der Waals surface area contributed by atoms with Crippen LogP contribution in [0.15, 0.2) is 41.1 Å². The van der Waals surface area contributed by atoms with E-state index in [9.17, 15) is 24.6 Å². The standard InChI is InChI=1S/C15H13ClN2O5S/c16-8-6-24-14-9(13(21)18(14)10(8)15(22)23)17-12(20)11(19)7-4-2-1-3-5-7/h1-5,9,11,14,19H,6H2,(H,17,20)(H,22,23)/t9-,11?,14-/m0/s1. The van der Waals surface area contributed by atoms with Gasteiger partial charge >= 0.3 is 5.97 Å². The first-order valence-corrected chi connectivity index (χ1v) is 8.44. The fourth-order valence-corrected chi connectivity index (χ4v) is 4.15. The minimum atomic E-state index is -1.40. The number of aliphatic hydroxyl groups excluding tert-OH is 1. The number of β-lactam (4-membered cyclic amide) rings is 1. The molecule has 3 N–H and O–H groups in total. The van der Waals surface area contributed by atoms with Crippen molar-refractivity contribution in [1.82, 2.24) is 10.2 Å². The van der Waals surface area contributed by atoms with Gasteiger partial charge in [-0.3, -0.25) is 14.5 Å². The van der Waals surface area contributed by atoms with Crippen molar-refractivity contribution in [2.24, 2.45) is 0 Å². The van der Waals surface area contributed by atoms with Crippen molar-refractivity contribution >= 4 is 41.1 Å². The van der Waals surface area contributed by atoms with Crippen LogP contribution in [-0.2, 0) is 14.4 Å². The highest BCUT2D eigenvalue weighted by atomic mass is 35.5. The van der Waals surface area contributed by atoms with Crippen molar-refractivity contribution in [2.75, 3.05) is 5.75 Å². The van der Waals surface area contributed by atoms with Gasteiger partial charge in [0, 0.05) is 5.75 Å². The van der Waals surface area contributed by atoms with Crippen LogP contribution >= 0.6 is 23.4 Å². The summed E-state index contributed by atoms with van der Waals surface area (Å²) in [6.07, 6.45) is -1.40. The number of hydrogen-bond donors (Lipinski definition) is 3. The number of hydrogen-bond acceptors (Lipinski definition) is 5. The lowest BCUT2D eigenvalue weighted by atomic mass is 10.0. The quantitative estimate of drug-likeness (QED) is 0.674. The van der Waals surface area contributed by atoms with Crippen LogP contribution < -0.4 is 5.32 Å². The third-order valence-corrected chi connectivity index (χ3v) is 5.54. The molecule has 1 aromatic rings. The summed E-state index contributed by atoms with van der Waals surface area (Å²) in [5.41, 5.74) is 0.156. The van der Waals surface area contributed by atoms with Gasteiger partial charge < -0.3 is 15.5 Å². The zero-order chi connectivity index (χ0) is 17.4. The summed E-state index contributed by atoms with van der Waals surface area (Å²) in [7, 11) is 0. The van der Waals surface area contributed by atoms with E-state index in [4.69, 9.17) is 11.6 Å². The molecule has 2 heterocycles. The second kappa shape index (κ2) is 6.46. The van der Waals surface area contributed by atoms with E-state index < -0.39 is 35.3 Å². The number of fused-ring (bicyclic) bond motifs is 1. The molecule has 3 rings (SSSR count). The molecule has 3 atom stereocenters. The normalized spacial score (nSPS) is 24.1. The van der Waals surface area contributed by atoms with Crippen LogP contribution in [0.1, 0.15) is 11.7 Å². The Kier molecular flexibility index (Phi) is 4.53. The third kappa shape index (κ3) is 2.77. The Morgan fingerprint density at radius 2 is 2.00 bits per heavy atom. The van der Waals surface area contributed by atoms with Gasteiger partial charge in [-0.15, -0.1) is 11.8 Å². The van der Waals surface area contributed by atoms with E-state index in [1.54, 1.807) is 30.3 Å². The van der Waals surface area contributed by atoms with E-state index >= 15 is 0 Å². The average Bonchev–Trinajstić information content (AvgIpc) is 2.59. The highest BCUT2D eigenvalue weighted by Gasteiger charge is 2.54. The summed E-state index contributed by atoms with van der Waals surface area (Å²) in [6, 6.07) is 7.43. The first kappa shape index (κ1) is 16.8. The van der Waals surface area contributed by atoms with E-state index in [1.165, 1.54) is 11.8 Å². The molecule has 126 valence electrons. The fraction of sp³-hybridized carbons (Fsp3) is 0.267. The van der Waals surface area contributed by atoms with Crippen molar-refractivity contribution < 1.29 is 24.6 Å². The number of carbonyl (C=O) groups is 3. The minimum Gasteiger partial charge on any atom is -0.477 e. The number of carbonyl (C=O) groups excluding carboxylic acids is 2. The van der Waals surface area contributed by atoms with Gasteiger partial charge in [-0.2, -0.15) is 0 Å². The Hall–Kier alpha value is -2.03. The zero-order valence-electron chi connectivity index (χ0n) is 12.2. The Morgan fingerprint density at radius 3 is 2.62 bits per heavy atom. The predicted molar refractivity (Wildman–Crippen MR) is 86.9 cm³/mol. The molecule has 0 radical (unpaired) electrons. The van der Waals surface area contributed by atoms with Crippen LogP contribution in [0.25, 0.3) is 0 Å². The average molecular weight is 369 g/mol. The van der Waals surface area contributed by atoms with Crippen LogP contribution in [0.2, 0.25) is 0 Å². The number of amides is 2. The van der Waals surface area contributed by atoms with Gasteiger partial charge in [-0.1, -0.05) is 41.9 Å². The van der Waals surface area contributed by atoms with Crippen molar-refractivity contribution in [3.05, 3.63) is 46.6 Å². The Bertz CT molecular complexity index is 739. The molecule has 0 spiro atoms. The van der Waals surface area contributed by atoms with Crippen molar-refractivity contribution in [2.45, 2.75) is 17.5 Å². The van der Waals surface area contributed by atoms with Crippen LogP contribution in [-0.4, -0.2) is 50.1 Å². The van der Waals surface area contributed by atoms with Crippen molar-refractivity contribution in [1.29, 1.82) is 0 Å². The van der Waals surface area contributed by atoms with Gasteiger partial charge in [0.2, 0.25) is 0 Å². The molecule has 1 unspecified atom stereocenters. The van der Waals surface area contributed by atoms with Gasteiger partial charge in [0.15, 0.2) is 6.10 Å². The Labute approximate surface area is 146 Å². The lowest BCUT2D eigenvalue weighted by Gasteiger charge is -2.48. The molecule has 24 heavy (non-hydrogen) atoms. The number of aliphatic carboxylic acids is 1. The molecule has 1 aromatic carbocycles. The number of carboxylic acids is 1. The molecule has 1 saturated heterocycles. The molecule has 0 aliphatic carbocycles. The van der Waals surface area contributed by atoms with Gasteiger partial charge in [0.1, 0.15) is 17.1 Å². The molecule has 1 fully saturated rings. The maximum Gasteiger partial charge on any atom is 0.353 e. The predicted octanol–water partition coefficient (Wildman–Crippen LogP) is 0.655. The highest BCUT2D eigenvalue weighted by Crippen LogP contribution is 2.41. The molecular weight excluding hydrogens is 356 g/mol. The van der Waals surface area contributed by atoms with Crippen LogP contribution in [0.3, 0.4) is 0 Å². The molecule has 0 aromatic heterocycles. The summed E-state index contributed by atoms with van der Waals surface area (Å²) in [5.74, 6) is -2.31. The highest BCUT2D eigenvalue weighted by molar-refractivity contribution is 8.00. The molecule has 2 aliphatic heterocycles. The maximum absolute atomic E-state index is 12.2. The number of carboxylic acid groups (broad SMARTS) is 1. The minimum absolute atomic E-state index is 0.0891. The third-order valence-electron chi connectivity index (χ3n) is 3.79. The summed E-state index contributed by atoms with van der Waals surface area (Å²) >= 11 is 7.14. The van der Waals surface area contributed by atoms with E-state index in [0.717, 1.165) is 4.90 Å². The van der Waals surface area contributed by atoms with Crippen LogP contribution in [0, 0.1) is 0 Å². The van der Waals surface area contributed by atoms with E-state index in [0.29, 0.717) is 5.56 Å². The number of halogens is 1. The molecular formula is C15H13ClN2O5S. The molecule has 0 saturated carbocycles. The van der Waals surface area contributed by atoms with Crippen LogP contribution in [0.5, 0.6) is 0 Å². The SMILES string of the molecule is O=C(O)C1=C(Cl)CS[C@H]2[C@@H](NC(=O)C(O)c3ccccc3)C(=O)N12. The fourth-order valence-electron chi connectivity index (χ4n) is 2.60. The van der Waals surface area contributed by atoms with Crippen molar-refractivity contribution in [3.63, 3.8) is 0 Å². The number of benzene rings is 1. The second-order valence-electron chi connectivity index (χ2n) is 5.27. The lowest BCUT2D eigenvalue weighted by Crippen LogP contribution is -2.70. The first-order chi connectivity index (χ1) is 11.4. The van der Waals surface area contributed by atoms with Crippen LogP contribution in [0.4, 0.5) is 0 Å². The molecule has 9 heteroatoms. The lowest BCUT2D eigenvalue weighted by molar-refractivity contribution is -0.151. The summed E-state index contributed by atoms with van der Waals surface area (Å²) in [5, 5.41) is 21.3. The summed E-state index contributed by atoms with van der Waals surface area (Å²) < 4.78 is 0. The maximum atomic E-state index is 12.2. The Balaban J connectivity index is 1.71. The van der Waals surface area contributed by atoms with Gasteiger partial charge in [-0.05, 0) is 5.56 Å². The molecule has 2 amide bonds. The van der Waals surface area contributed by atoms with E-state index in [2.05, 4.69) is 5.32 Å².